The van der Waals surface area contributed by atoms with Gasteiger partial charge in [0.2, 0.25) is 17.8 Å². The van der Waals surface area contributed by atoms with E-state index in [0.717, 1.165) is 0 Å². The van der Waals surface area contributed by atoms with Gasteiger partial charge >= 0.3 is 0 Å². The van der Waals surface area contributed by atoms with E-state index in [1.54, 1.807) is 53.3 Å². The number of rotatable bonds is 4. The topological polar surface area (TPSA) is 100 Å². The van der Waals surface area contributed by atoms with Gasteiger partial charge in [-0.25, -0.2) is 4.98 Å². The number of amides is 3. The van der Waals surface area contributed by atoms with Crippen LogP contribution in [0.15, 0.2) is 49.2 Å². The number of imidazole rings is 1. The highest BCUT2D eigenvalue weighted by Crippen LogP contribution is 2.32. The first-order valence-electron chi connectivity index (χ1n) is 11.9. The van der Waals surface area contributed by atoms with Crippen LogP contribution < -0.4 is 5.32 Å². The lowest BCUT2D eigenvalue weighted by Crippen LogP contribution is -2.35. The van der Waals surface area contributed by atoms with Crippen molar-refractivity contribution >= 4 is 46.3 Å². The number of benzene rings is 1. The summed E-state index contributed by atoms with van der Waals surface area (Å²) in [4.78, 5) is 49.9. The fourth-order valence-corrected chi connectivity index (χ4v) is 4.44. The summed E-state index contributed by atoms with van der Waals surface area (Å²) in [6.07, 6.45) is 2.83. The van der Waals surface area contributed by atoms with E-state index in [2.05, 4.69) is 21.9 Å². The Morgan fingerprint density at radius 1 is 1.14 bits per heavy atom. The van der Waals surface area contributed by atoms with E-state index in [-0.39, 0.29) is 23.7 Å². The Balaban J connectivity index is 0.00000176. The lowest BCUT2D eigenvalue weighted by molar-refractivity contribution is -0.130. The predicted molar refractivity (Wildman–Crippen MR) is 141 cm³/mol. The van der Waals surface area contributed by atoms with Crippen molar-refractivity contribution in [1.29, 1.82) is 0 Å². The summed E-state index contributed by atoms with van der Waals surface area (Å²) >= 11 is 6.58. The van der Waals surface area contributed by atoms with Crippen molar-refractivity contribution in [3.63, 3.8) is 0 Å². The first-order chi connectivity index (χ1) is 17.3. The molecule has 0 aliphatic carbocycles. The molecule has 1 saturated heterocycles. The molecule has 1 unspecified atom stereocenters. The van der Waals surface area contributed by atoms with Crippen LogP contribution in [0.3, 0.4) is 0 Å². The molecule has 1 aliphatic heterocycles. The summed E-state index contributed by atoms with van der Waals surface area (Å²) in [5.41, 5.74) is 2.36. The van der Waals surface area contributed by atoms with Crippen LogP contribution in [0, 0.1) is 6.92 Å². The molecular weight excluding hydrogens is 480 g/mol. The molecule has 1 atom stereocenters. The van der Waals surface area contributed by atoms with Gasteiger partial charge in [-0.3, -0.25) is 24.7 Å². The van der Waals surface area contributed by atoms with Crippen molar-refractivity contribution in [2.75, 3.05) is 31.5 Å². The Kier molecular flexibility index (Phi) is 8.82. The Hall–Kier alpha value is -3.72. The number of nitrogens with zero attached hydrogens (tertiary/aromatic N) is 5. The first-order valence-corrected chi connectivity index (χ1v) is 12.2. The highest BCUT2D eigenvalue weighted by atomic mass is 35.5. The molecule has 9 nitrogen and oxygen atoms in total. The average molecular weight is 511 g/mol. The molecule has 36 heavy (non-hydrogen) atoms. The molecule has 3 amide bonds. The van der Waals surface area contributed by atoms with Crippen LogP contribution in [0.5, 0.6) is 0 Å². The summed E-state index contributed by atoms with van der Waals surface area (Å²) in [6.45, 7) is 12.3. The Morgan fingerprint density at radius 3 is 2.50 bits per heavy atom. The summed E-state index contributed by atoms with van der Waals surface area (Å²) < 4.78 is 1.81. The minimum absolute atomic E-state index is 0.105. The smallest absolute Gasteiger partial charge is 0.258 e. The normalized spacial score (nSPS) is 15.5. The van der Waals surface area contributed by atoms with Crippen LogP contribution in [0.25, 0.3) is 11.0 Å². The monoisotopic (exact) mass is 510 g/mol. The van der Waals surface area contributed by atoms with E-state index in [0.29, 0.717) is 53.5 Å². The van der Waals surface area contributed by atoms with Crippen molar-refractivity contribution in [3.05, 3.63) is 65.5 Å². The second kappa shape index (κ2) is 11.8. The van der Waals surface area contributed by atoms with Gasteiger partial charge < -0.3 is 14.4 Å². The third-order valence-electron chi connectivity index (χ3n) is 5.84. The SMILES string of the molecule is C=CC(=O)N1CCN(C(C)=O)CC(n2c(NC(=O)c3ccnc(C)c3)nc3cccc(Cl)c32)C1.CC. The number of carbonyl (C=O) groups is 3. The van der Waals surface area contributed by atoms with Gasteiger partial charge in [-0.1, -0.05) is 38.1 Å². The molecule has 0 bridgehead atoms. The number of aromatic nitrogens is 3. The Morgan fingerprint density at radius 2 is 1.83 bits per heavy atom. The van der Waals surface area contributed by atoms with Gasteiger partial charge in [0.25, 0.3) is 5.91 Å². The minimum atomic E-state index is -0.408. The molecule has 10 heteroatoms. The highest BCUT2D eigenvalue weighted by Gasteiger charge is 2.31. The lowest BCUT2D eigenvalue weighted by Gasteiger charge is -2.27. The molecule has 1 aliphatic rings. The maximum atomic E-state index is 13.1. The predicted octanol–water partition coefficient (Wildman–Crippen LogP) is 4.09. The van der Waals surface area contributed by atoms with Gasteiger partial charge in [0.1, 0.15) is 0 Å². The van der Waals surface area contributed by atoms with Crippen LogP contribution in [0.4, 0.5) is 5.95 Å². The Labute approximate surface area is 215 Å². The molecule has 1 N–H and O–H groups in total. The van der Waals surface area contributed by atoms with Gasteiger partial charge in [-0.05, 0) is 37.3 Å². The maximum absolute atomic E-state index is 13.1. The summed E-state index contributed by atoms with van der Waals surface area (Å²) in [7, 11) is 0. The fourth-order valence-electron chi connectivity index (χ4n) is 4.18. The molecule has 0 radical (unpaired) electrons. The van der Waals surface area contributed by atoms with Crippen LogP contribution in [0.2, 0.25) is 5.02 Å². The molecule has 0 saturated carbocycles. The van der Waals surface area contributed by atoms with Gasteiger partial charge in [-0.15, -0.1) is 0 Å². The van der Waals surface area contributed by atoms with E-state index in [1.807, 2.05) is 18.4 Å². The zero-order valence-corrected chi connectivity index (χ0v) is 21.7. The first kappa shape index (κ1) is 26.9. The van der Waals surface area contributed by atoms with Crippen LogP contribution >= 0.6 is 11.6 Å². The summed E-state index contributed by atoms with van der Waals surface area (Å²) in [5, 5.41) is 3.34. The minimum Gasteiger partial charge on any atom is -0.339 e. The molecule has 190 valence electrons. The van der Waals surface area contributed by atoms with E-state index in [1.165, 1.54) is 13.0 Å². The number of pyridine rings is 1. The molecule has 1 fully saturated rings. The van der Waals surface area contributed by atoms with Gasteiger partial charge in [0, 0.05) is 50.6 Å². The second-order valence-corrected chi connectivity index (χ2v) is 8.57. The quantitative estimate of drug-likeness (QED) is 0.533. The van der Waals surface area contributed by atoms with Crippen molar-refractivity contribution in [1.82, 2.24) is 24.3 Å². The highest BCUT2D eigenvalue weighted by molar-refractivity contribution is 6.35. The number of hydrogen-bond donors (Lipinski definition) is 1. The van der Waals surface area contributed by atoms with Crippen LogP contribution in [-0.4, -0.2) is 68.2 Å². The number of aryl methyl sites for hydroxylation is 1. The zero-order valence-electron chi connectivity index (χ0n) is 21.0. The third-order valence-corrected chi connectivity index (χ3v) is 6.15. The van der Waals surface area contributed by atoms with Crippen molar-refractivity contribution in [3.8, 4) is 0 Å². The second-order valence-electron chi connectivity index (χ2n) is 8.16. The number of hydrogen-bond acceptors (Lipinski definition) is 5. The average Bonchev–Trinajstić information content (AvgIpc) is 3.09. The summed E-state index contributed by atoms with van der Waals surface area (Å²) in [5.74, 6) is -0.409. The number of halogens is 1. The number of nitrogens with one attached hydrogen (secondary N) is 1. The van der Waals surface area contributed by atoms with E-state index in [9.17, 15) is 14.4 Å². The molecule has 1 aromatic carbocycles. The lowest BCUT2D eigenvalue weighted by atomic mass is 10.2. The van der Waals surface area contributed by atoms with Gasteiger partial charge in [0.05, 0.1) is 22.1 Å². The number of carbonyl (C=O) groups excluding carboxylic acids is 3. The molecule has 2 aromatic heterocycles. The largest absolute Gasteiger partial charge is 0.339 e. The van der Waals surface area contributed by atoms with Crippen LogP contribution in [0.1, 0.15) is 42.9 Å². The van der Waals surface area contributed by atoms with Gasteiger partial charge in [-0.2, -0.15) is 0 Å². The molecule has 0 spiro atoms. The zero-order chi connectivity index (χ0) is 26.4. The van der Waals surface area contributed by atoms with Gasteiger partial charge in [0.15, 0.2) is 0 Å². The van der Waals surface area contributed by atoms with Crippen LogP contribution in [-0.2, 0) is 9.59 Å². The third kappa shape index (κ3) is 5.73. The van der Waals surface area contributed by atoms with Crippen molar-refractivity contribution in [2.45, 2.75) is 33.7 Å². The molecule has 4 rings (SSSR count). The van der Waals surface area contributed by atoms with Crippen molar-refractivity contribution in [2.24, 2.45) is 0 Å². The number of fused-ring (bicyclic) bond motifs is 1. The number of anilines is 1. The van der Waals surface area contributed by atoms with Crippen molar-refractivity contribution < 1.29 is 14.4 Å². The summed E-state index contributed by atoms with van der Waals surface area (Å²) in [6, 6.07) is 8.22. The van der Waals surface area contributed by atoms with E-state index in [4.69, 9.17) is 11.6 Å². The fraction of sp³-hybridized carbons (Fsp3) is 0.346. The maximum Gasteiger partial charge on any atom is 0.258 e. The molecular formula is C26H31ClN6O3. The molecule has 3 heterocycles. The standard InChI is InChI=1S/C24H25ClN6O3.C2H6/c1-4-21(33)30-11-10-29(16(3)32)13-18(14-30)31-22-19(25)6-5-7-20(22)27-24(31)28-23(34)17-8-9-26-15(2)12-17;1-2/h4-9,12,18H,1,10-11,13-14H2,2-3H3,(H,27,28,34);1-2H3. The number of para-hydroxylation sites is 1. The Bertz CT molecular complexity index is 1290. The molecule has 3 aromatic rings. The van der Waals surface area contributed by atoms with E-state index >= 15 is 0 Å². The van der Waals surface area contributed by atoms with E-state index < -0.39 is 6.04 Å².